The second-order valence-electron chi connectivity index (χ2n) is 10.7. The van der Waals surface area contributed by atoms with E-state index < -0.39 is 11.7 Å². The zero-order valence-corrected chi connectivity index (χ0v) is 21.4. The predicted octanol–water partition coefficient (Wildman–Crippen LogP) is 4.45. The summed E-state index contributed by atoms with van der Waals surface area (Å²) in [6.07, 6.45) is 4.42. The number of aliphatic hydroxyl groups is 2. The van der Waals surface area contributed by atoms with Crippen molar-refractivity contribution in [1.82, 2.24) is 0 Å². The van der Waals surface area contributed by atoms with Gasteiger partial charge in [0.2, 0.25) is 0 Å². The molecule has 3 aliphatic rings. The van der Waals surface area contributed by atoms with Crippen LogP contribution in [-0.4, -0.2) is 65.1 Å². The Kier molecular flexibility index (Phi) is 8.24. The lowest BCUT2D eigenvalue weighted by atomic mass is 9.77. The van der Waals surface area contributed by atoms with E-state index in [1.807, 2.05) is 43.3 Å². The van der Waals surface area contributed by atoms with E-state index in [9.17, 15) is 10.2 Å². The third-order valence-electron chi connectivity index (χ3n) is 7.90. The van der Waals surface area contributed by atoms with Crippen molar-refractivity contribution in [3.8, 4) is 0 Å². The first-order chi connectivity index (χ1) is 17.9. The van der Waals surface area contributed by atoms with Gasteiger partial charge in [0.25, 0.3) is 0 Å². The van der Waals surface area contributed by atoms with Crippen molar-refractivity contribution in [3.63, 3.8) is 0 Å². The van der Waals surface area contributed by atoms with Crippen LogP contribution in [0, 0.1) is 0 Å². The fraction of sp³-hybridized carbons (Fsp3) is 0.484. The van der Waals surface area contributed by atoms with Crippen LogP contribution in [0.5, 0.6) is 0 Å². The Morgan fingerprint density at radius 1 is 1.03 bits per heavy atom. The molecule has 6 heteroatoms. The Labute approximate surface area is 219 Å². The number of hydrogen-bond acceptors (Lipinski definition) is 6. The van der Waals surface area contributed by atoms with Crippen LogP contribution in [0.4, 0.5) is 0 Å². The molecule has 0 unspecified atom stereocenters. The van der Waals surface area contributed by atoms with Crippen molar-refractivity contribution in [3.05, 3.63) is 90.0 Å². The van der Waals surface area contributed by atoms with Crippen molar-refractivity contribution >= 4 is 6.08 Å². The Hall–Kier alpha value is -2.32. The van der Waals surface area contributed by atoms with E-state index in [1.165, 1.54) is 0 Å². The summed E-state index contributed by atoms with van der Waals surface area (Å²) in [4.78, 5) is 0. The van der Waals surface area contributed by atoms with Gasteiger partial charge in [0.1, 0.15) is 11.7 Å². The molecule has 3 fully saturated rings. The average molecular weight is 507 g/mol. The van der Waals surface area contributed by atoms with E-state index >= 15 is 0 Å². The topological polar surface area (TPSA) is 77.4 Å². The van der Waals surface area contributed by atoms with Gasteiger partial charge < -0.3 is 29.2 Å². The molecule has 37 heavy (non-hydrogen) atoms. The zero-order chi connectivity index (χ0) is 25.8. The number of hydrogen-bond donors (Lipinski definition) is 2. The maximum absolute atomic E-state index is 11.1. The number of fused-ring (bicyclic) bond motifs is 2. The van der Waals surface area contributed by atoms with Gasteiger partial charge in [-0.1, -0.05) is 79.4 Å². The Bertz CT molecular complexity index is 1060. The molecule has 8 atom stereocenters. The van der Waals surface area contributed by atoms with E-state index in [0.29, 0.717) is 37.9 Å². The molecule has 0 saturated carbocycles. The van der Waals surface area contributed by atoms with Crippen LogP contribution in [0.1, 0.15) is 43.7 Å². The van der Waals surface area contributed by atoms with Crippen LogP contribution in [0.25, 0.3) is 6.08 Å². The molecular weight excluding hydrogens is 468 g/mol. The van der Waals surface area contributed by atoms with Gasteiger partial charge in [0, 0.05) is 19.3 Å². The lowest BCUT2D eigenvalue weighted by molar-refractivity contribution is -0.323. The first kappa shape index (κ1) is 26.3. The van der Waals surface area contributed by atoms with Crippen molar-refractivity contribution < 1.29 is 29.2 Å². The fourth-order valence-electron chi connectivity index (χ4n) is 5.72. The summed E-state index contributed by atoms with van der Waals surface area (Å²) in [5.74, 6) is 0. The van der Waals surface area contributed by atoms with Crippen LogP contribution in [0.15, 0.2) is 78.9 Å². The van der Waals surface area contributed by atoms with E-state index in [-0.39, 0.29) is 43.2 Å². The quantitative estimate of drug-likeness (QED) is 0.516. The minimum atomic E-state index is -0.821. The van der Waals surface area contributed by atoms with Crippen LogP contribution < -0.4 is 0 Å². The Balaban J connectivity index is 1.32. The molecule has 0 aliphatic carbocycles. The first-order valence-electron chi connectivity index (χ1n) is 13.3. The van der Waals surface area contributed by atoms with Crippen molar-refractivity contribution in [2.24, 2.45) is 0 Å². The second-order valence-corrected chi connectivity index (χ2v) is 10.7. The number of benzene rings is 2. The van der Waals surface area contributed by atoms with E-state index in [1.54, 1.807) is 0 Å². The molecule has 0 aromatic heterocycles. The van der Waals surface area contributed by atoms with Crippen LogP contribution in [-0.2, 0) is 25.6 Å². The number of ether oxygens (including phenoxy) is 4. The SMILES string of the molecule is C=C(CO)C[C@@H]1C[C@H](O)[C@]2(C)O[C@@H]3C[C@H](OCc4ccccc4)[C@@H](/C=C/c4ccccc4)O[C@H]3C[C@H]2O1. The summed E-state index contributed by atoms with van der Waals surface area (Å²) >= 11 is 0. The number of rotatable bonds is 8. The zero-order valence-electron chi connectivity index (χ0n) is 21.4. The third kappa shape index (κ3) is 6.06. The maximum atomic E-state index is 11.1. The summed E-state index contributed by atoms with van der Waals surface area (Å²) < 4.78 is 26.0. The number of aliphatic hydroxyl groups excluding tert-OH is 2. The molecule has 3 aliphatic heterocycles. The third-order valence-corrected chi connectivity index (χ3v) is 7.90. The van der Waals surface area contributed by atoms with Gasteiger partial charge in [-0.3, -0.25) is 0 Å². The smallest absolute Gasteiger partial charge is 0.118 e. The van der Waals surface area contributed by atoms with E-state index in [2.05, 4.69) is 43.0 Å². The van der Waals surface area contributed by atoms with Gasteiger partial charge in [0.15, 0.2) is 0 Å². The largest absolute Gasteiger partial charge is 0.392 e. The van der Waals surface area contributed by atoms with Gasteiger partial charge in [0.05, 0.1) is 49.8 Å². The average Bonchev–Trinajstić information content (AvgIpc) is 2.91. The molecule has 198 valence electrons. The van der Waals surface area contributed by atoms with Crippen LogP contribution in [0.3, 0.4) is 0 Å². The van der Waals surface area contributed by atoms with Gasteiger partial charge in [-0.25, -0.2) is 0 Å². The lowest BCUT2D eigenvalue weighted by Gasteiger charge is -2.56. The highest BCUT2D eigenvalue weighted by atomic mass is 16.6. The summed E-state index contributed by atoms with van der Waals surface area (Å²) in [5, 5.41) is 20.5. The molecule has 5 rings (SSSR count). The minimum Gasteiger partial charge on any atom is -0.392 e. The standard InChI is InChI=1S/C31H38O6/c1-21(19-32)15-24-16-29(33)31(2)30(35-24)18-27-28(37-31)17-26(34-20-23-11-7-4-8-12-23)25(36-27)14-13-22-9-5-3-6-10-22/h3-14,24-30,32-33H,1,15-20H2,2H3/b14-13+/t24-,25-,26+,27+,28-,29+,30-,31+/m1/s1. The molecule has 0 amide bonds. The van der Waals surface area contributed by atoms with E-state index in [0.717, 1.165) is 11.1 Å². The van der Waals surface area contributed by atoms with Crippen molar-refractivity contribution in [1.29, 1.82) is 0 Å². The van der Waals surface area contributed by atoms with Gasteiger partial charge in [-0.15, -0.1) is 0 Å². The molecular formula is C31H38O6. The van der Waals surface area contributed by atoms with E-state index in [4.69, 9.17) is 18.9 Å². The highest BCUT2D eigenvalue weighted by molar-refractivity contribution is 5.49. The Morgan fingerprint density at radius 2 is 1.76 bits per heavy atom. The molecule has 3 heterocycles. The molecule has 3 saturated heterocycles. The minimum absolute atomic E-state index is 0.0814. The monoisotopic (exact) mass is 506 g/mol. The molecule has 2 aromatic carbocycles. The van der Waals surface area contributed by atoms with Crippen LogP contribution in [0.2, 0.25) is 0 Å². The summed E-state index contributed by atoms with van der Waals surface area (Å²) in [6, 6.07) is 20.3. The lowest BCUT2D eigenvalue weighted by Crippen LogP contribution is -2.67. The maximum Gasteiger partial charge on any atom is 0.118 e. The molecule has 2 aromatic rings. The molecule has 6 nitrogen and oxygen atoms in total. The summed E-state index contributed by atoms with van der Waals surface area (Å²) in [6.45, 7) is 6.24. The van der Waals surface area contributed by atoms with Crippen molar-refractivity contribution in [2.75, 3.05) is 6.61 Å². The summed E-state index contributed by atoms with van der Waals surface area (Å²) in [7, 11) is 0. The molecule has 0 spiro atoms. The molecule has 2 N–H and O–H groups in total. The molecule has 0 radical (unpaired) electrons. The van der Waals surface area contributed by atoms with Crippen LogP contribution >= 0.6 is 0 Å². The predicted molar refractivity (Wildman–Crippen MR) is 142 cm³/mol. The van der Waals surface area contributed by atoms with Gasteiger partial charge in [-0.05, 0) is 30.0 Å². The van der Waals surface area contributed by atoms with Crippen molar-refractivity contribution in [2.45, 2.75) is 87.5 Å². The summed E-state index contributed by atoms with van der Waals surface area (Å²) in [5.41, 5.74) is 2.10. The molecule has 0 bridgehead atoms. The normalized spacial score (nSPS) is 35.6. The second kappa shape index (κ2) is 11.6. The highest BCUT2D eigenvalue weighted by Gasteiger charge is 2.56. The van der Waals surface area contributed by atoms with Gasteiger partial charge >= 0.3 is 0 Å². The van der Waals surface area contributed by atoms with Gasteiger partial charge in [-0.2, -0.15) is 0 Å². The highest BCUT2D eigenvalue weighted by Crippen LogP contribution is 2.45. The Morgan fingerprint density at radius 3 is 2.49 bits per heavy atom. The fourth-order valence-corrected chi connectivity index (χ4v) is 5.72. The first-order valence-corrected chi connectivity index (χ1v) is 13.3.